The molecular formula is C14H12BrNO4. The van der Waals surface area contributed by atoms with Gasteiger partial charge in [-0.05, 0) is 39.7 Å². The zero-order chi connectivity index (χ0) is 14.5. The van der Waals surface area contributed by atoms with Crippen LogP contribution in [0.4, 0.5) is 0 Å². The first-order chi connectivity index (χ1) is 9.61. The molecule has 0 aliphatic heterocycles. The van der Waals surface area contributed by atoms with Gasteiger partial charge in [-0.15, -0.1) is 0 Å². The highest BCUT2D eigenvalue weighted by Crippen LogP contribution is 2.25. The van der Waals surface area contributed by atoms with Crippen molar-refractivity contribution in [1.82, 2.24) is 0 Å². The largest absolute Gasteiger partial charge is 0.618 e. The monoisotopic (exact) mass is 337 g/mol. The number of ether oxygens (including phenoxy) is 2. The molecule has 2 aromatic rings. The summed E-state index contributed by atoms with van der Waals surface area (Å²) in [7, 11) is 1.57. The second-order valence-corrected chi connectivity index (χ2v) is 4.81. The quantitative estimate of drug-likeness (QED) is 0.488. The van der Waals surface area contributed by atoms with E-state index in [9.17, 15) is 10.0 Å². The maximum Gasteiger partial charge on any atom is 0.405 e. The Labute approximate surface area is 124 Å². The summed E-state index contributed by atoms with van der Waals surface area (Å²) >= 11 is 3.35. The second-order valence-electron chi connectivity index (χ2n) is 3.96. The Morgan fingerprint density at radius 2 is 2.15 bits per heavy atom. The van der Waals surface area contributed by atoms with Gasteiger partial charge in [0.25, 0.3) is 0 Å². The first-order valence-corrected chi connectivity index (χ1v) is 6.59. The lowest BCUT2D eigenvalue weighted by atomic mass is 10.2. The maximum atomic E-state index is 11.8. The third kappa shape index (κ3) is 3.27. The van der Waals surface area contributed by atoms with Crippen molar-refractivity contribution in [2.75, 3.05) is 7.11 Å². The molecule has 20 heavy (non-hydrogen) atoms. The van der Waals surface area contributed by atoms with Crippen molar-refractivity contribution in [3.8, 4) is 5.75 Å². The molecule has 5 nitrogen and oxygen atoms in total. The van der Waals surface area contributed by atoms with Crippen LogP contribution in [-0.4, -0.2) is 13.1 Å². The van der Waals surface area contributed by atoms with Gasteiger partial charge in [-0.2, -0.15) is 4.73 Å². The number of carbonyl (C=O) groups excluding carboxylic acids is 1. The minimum Gasteiger partial charge on any atom is -0.618 e. The summed E-state index contributed by atoms with van der Waals surface area (Å²) in [6, 6.07) is 9.91. The van der Waals surface area contributed by atoms with Crippen LogP contribution in [0.3, 0.4) is 0 Å². The number of aromatic nitrogens is 1. The van der Waals surface area contributed by atoms with Crippen molar-refractivity contribution < 1.29 is 19.0 Å². The molecule has 2 rings (SSSR count). The van der Waals surface area contributed by atoms with Crippen molar-refractivity contribution in [2.24, 2.45) is 0 Å². The van der Waals surface area contributed by atoms with E-state index in [1.54, 1.807) is 37.4 Å². The summed E-state index contributed by atoms with van der Waals surface area (Å²) in [6.07, 6.45) is 1.25. The molecule has 0 spiro atoms. The van der Waals surface area contributed by atoms with Gasteiger partial charge < -0.3 is 14.7 Å². The molecule has 0 unspecified atom stereocenters. The Kier molecular flexibility index (Phi) is 4.57. The predicted octanol–water partition coefficient (Wildman–Crippen LogP) is 2.45. The van der Waals surface area contributed by atoms with Gasteiger partial charge in [-0.3, -0.25) is 0 Å². The van der Waals surface area contributed by atoms with Gasteiger partial charge in [0.2, 0.25) is 0 Å². The molecule has 1 heterocycles. The summed E-state index contributed by atoms with van der Waals surface area (Å²) in [4.78, 5) is 11.8. The molecule has 6 heteroatoms. The van der Waals surface area contributed by atoms with E-state index in [2.05, 4.69) is 15.9 Å². The van der Waals surface area contributed by atoms with E-state index in [1.807, 2.05) is 0 Å². The van der Waals surface area contributed by atoms with Crippen LogP contribution < -0.4 is 9.47 Å². The average molecular weight is 338 g/mol. The van der Waals surface area contributed by atoms with E-state index in [-0.39, 0.29) is 12.3 Å². The molecule has 0 radical (unpaired) electrons. The van der Waals surface area contributed by atoms with Gasteiger partial charge in [0.1, 0.15) is 12.4 Å². The van der Waals surface area contributed by atoms with Crippen LogP contribution in [0, 0.1) is 5.21 Å². The Bertz CT molecular complexity index is 630. The third-order valence-electron chi connectivity index (χ3n) is 2.62. The second kappa shape index (κ2) is 6.38. The smallest absolute Gasteiger partial charge is 0.405 e. The van der Waals surface area contributed by atoms with Crippen LogP contribution in [0.15, 0.2) is 47.1 Å². The number of hydrogen-bond acceptors (Lipinski definition) is 4. The summed E-state index contributed by atoms with van der Waals surface area (Å²) in [5, 5.41) is 11.4. The van der Waals surface area contributed by atoms with Crippen LogP contribution in [0.25, 0.3) is 0 Å². The summed E-state index contributed by atoms with van der Waals surface area (Å²) in [6.45, 7) is 0.0797. The molecule has 0 atom stereocenters. The Balaban J connectivity index is 2.04. The highest BCUT2D eigenvalue weighted by molar-refractivity contribution is 9.10. The van der Waals surface area contributed by atoms with Crippen molar-refractivity contribution >= 4 is 21.9 Å². The SMILES string of the molecule is COc1ccc(COC(=O)c2cccc[n+]2[O-])cc1Br. The molecule has 0 aliphatic rings. The fourth-order valence-corrected chi connectivity index (χ4v) is 2.20. The summed E-state index contributed by atoms with van der Waals surface area (Å²) in [5.74, 6) is 0.0353. The fourth-order valence-electron chi connectivity index (χ4n) is 1.61. The van der Waals surface area contributed by atoms with E-state index in [4.69, 9.17) is 9.47 Å². The van der Waals surface area contributed by atoms with Gasteiger partial charge >= 0.3 is 11.7 Å². The lowest BCUT2D eigenvalue weighted by Gasteiger charge is -2.07. The summed E-state index contributed by atoms with van der Waals surface area (Å²) in [5.41, 5.74) is 0.750. The van der Waals surface area contributed by atoms with Gasteiger partial charge in [0, 0.05) is 12.1 Å². The predicted molar refractivity (Wildman–Crippen MR) is 75.2 cm³/mol. The molecule has 1 aromatic heterocycles. The molecular weight excluding hydrogens is 326 g/mol. The molecule has 1 aromatic carbocycles. The van der Waals surface area contributed by atoms with E-state index in [0.717, 1.165) is 10.0 Å². The number of benzene rings is 1. The maximum absolute atomic E-state index is 11.8. The first-order valence-electron chi connectivity index (χ1n) is 5.79. The lowest BCUT2D eigenvalue weighted by Crippen LogP contribution is -2.34. The minimum atomic E-state index is -0.660. The highest BCUT2D eigenvalue weighted by atomic mass is 79.9. The standard InChI is InChI=1S/C14H12BrNO4/c1-19-13-6-5-10(8-11(13)15)9-20-14(17)12-4-2-3-7-16(12)18/h2-8H,9H2,1H3. The molecule has 0 saturated heterocycles. The summed E-state index contributed by atoms with van der Waals surface area (Å²) < 4.78 is 11.5. The zero-order valence-electron chi connectivity index (χ0n) is 10.7. The van der Waals surface area contributed by atoms with Crippen LogP contribution in [0.1, 0.15) is 16.1 Å². The topological polar surface area (TPSA) is 62.5 Å². The number of carbonyl (C=O) groups is 1. The minimum absolute atomic E-state index is 0.0416. The molecule has 0 saturated carbocycles. The van der Waals surface area contributed by atoms with Gasteiger partial charge in [0.05, 0.1) is 11.6 Å². The number of hydrogen-bond donors (Lipinski definition) is 0. The highest BCUT2D eigenvalue weighted by Gasteiger charge is 2.16. The van der Waals surface area contributed by atoms with Gasteiger partial charge in [0.15, 0.2) is 6.20 Å². The number of rotatable bonds is 4. The number of methoxy groups -OCH3 is 1. The van der Waals surface area contributed by atoms with E-state index >= 15 is 0 Å². The Morgan fingerprint density at radius 3 is 2.80 bits per heavy atom. The van der Waals surface area contributed by atoms with E-state index < -0.39 is 5.97 Å². The molecule has 0 bridgehead atoms. The van der Waals surface area contributed by atoms with Crippen LogP contribution in [0.2, 0.25) is 0 Å². The van der Waals surface area contributed by atoms with Crippen LogP contribution in [0.5, 0.6) is 5.75 Å². The van der Waals surface area contributed by atoms with E-state index in [0.29, 0.717) is 10.5 Å². The van der Waals surface area contributed by atoms with Crippen LogP contribution >= 0.6 is 15.9 Å². The molecule has 0 N–H and O–H groups in total. The van der Waals surface area contributed by atoms with E-state index in [1.165, 1.54) is 12.3 Å². The first kappa shape index (κ1) is 14.3. The number of halogens is 1. The molecule has 104 valence electrons. The Morgan fingerprint density at radius 1 is 1.35 bits per heavy atom. The van der Waals surface area contributed by atoms with Gasteiger partial charge in [-0.1, -0.05) is 6.07 Å². The number of pyridine rings is 1. The van der Waals surface area contributed by atoms with Crippen LogP contribution in [-0.2, 0) is 11.3 Å². The number of esters is 1. The van der Waals surface area contributed by atoms with Crippen molar-refractivity contribution in [3.63, 3.8) is 0 Å². The Hall–Kier alpha value is -2.08. The average Bonchev–Trinajstić information content (AvgIpc) is 2.45. The van der Waals surface area contributed by atoms with Crippen molar-refractivity contribution in [2.45, 2.75) is 6.61 Å². The fraction of sp³-hybridized carbons (Fsp3) is 0.143. The zero-order valence-corrected chi connectivity index (χ0v) is 12.3. The molecule has 0 fully saturated rings. The third-order valence-corrected chi connectivity index (χ3v) is 3.24. The van der Waals surface area contributed by atoms with Crippen molar-refractivity contribution in [3.05, 3.63) is 63.5 Å². The lowest BCUT2D eigenvalue weighted by molar-refractivity contribution is -0.608. The van der Waals surface area contributed by atoms with Crippen molar-refractivity contribution in [1.29, 1.82) is 0 Å². The molecule has 0 aliphatic carbocycles. The molecule has 0 amide bonds. The number of nitrogens with zero attached hydrogens (tertiary/aromatic N) is 1. The normalized spacial score (nSPS) is 10.1. The van der Waals surface area contributed by atoms with Gasteiger partial charge in [-0.25, -0.2) is 4.79 Å².